The largest absolute Gasteiger partial charge is 0.497 e. The molecule has 64 heavy (non-hydrogen) atoms. The molecule has 0 aliphatic carbocycles. The molecule has 0 atom stereocenters. The third-order valence-electron chi connectivity index (χ3n) is 11.7. The average molecular weight is 874 g/mol. The number of nitrogens with one attached hydrogen (secondary N) is 2. The first-order chi connectivity index (χ1) is 31.5. The van der Waals surface area contributed by atoms with Crippen LogP contribution in [0.5, 0.6) is 11.5 Å². The maximum atomic E-state index is 13.9. The number of fused-ring (bicyclic) bond motifs is 1. The van der Waals surface area contributed by atoms with Crippen molar-refractivity contribution in [3.05, 3.63) is 102 Å². The lowest BCUT2D eigenvalue weighted by molar-refractivity contribution is 0.122. The molecule has 4 aliphatic heterocycles. The Hall–Kier alpha value is -6.11. The normalized spacial score (nSPS) is 16.4. The van der Waals surface area contributed by atoms with E-state index >= 15 is 0 Å². The van der Waals surface area contributed by atoms with Gasteiger partial charge in [-0.2, -0.15) is 4.98 Å². The SMILES string of the molecule is COc1ccc(CN(Cc2ccc(OC)cc2)c2ncc(-c3nc(N4CCOCC4)nc4c3CCN4C(=O)Nc3cccc(N4CCOCC4)c3)cn2)cc1.OCCN1CCNCC1. The van der Waals surface area contributed by atoms with E-state index in [0.29, 0.717) is 89.9 Å². The number of urea groups is 1. The van der Waals surface area contributed by atoms with Crippen molar-refractivity contribution in [3.63, 3.8) is 0 Å². The zero-order chi connectivity index (χ0) is 44.1. The van der Waals surface area contributed by atoms with Crippen LogP contribution in [0, 0.1) is 0 Å². The van der Waals surface area contributed by atoms with Gasteiger partial charge in [0.2, 0.25) is 11.9 Å². The van der Waals surface area contributed by atoms with E-state index in [4.69, 9.17) is 44.0 Å². The molecule has 2 aromatic heterocycles. The molecule has 0 unspecified atom stereocenters. The highest BCUT2D eigenvalue weighted by Crippen LogP contribution is 2.36. The van der Waals surface area contributed by atoms with Gasteiger partial charge in [-0.15, -0.1) is 0 Å². The molecule has 3 N–H and O–H groups in total. The van der Waals surface area contributed by atoms with E-state index in [-0.39, 0.29) is 6.03 Å². The predicted molar refractivity (Wildman–Crippen MR) is 248 cm³/mol. The Kier molecular flexibility index (Phi) is 15.3. The Morgan fingerprint density at radius 2 is 1.39 bits per heavy atom. The van der Waals surface area contributed by atoms with E-state index in [0.717, 1.165) is 96.6 Å². The molecule has 6 heterocycles. The highest BCUT2D eigenvalue weighted by Gasteiger charge is 2.32. The standard InChI is InChI=1S/C41H45N9O5.C6H14N2O/c1-52-34-10-6-29(7-11-34)27-49(28-30-8-12-35(53-2)13-9-30)39-42-25-31(26-43-39)37-36-14-15-50(38(36)46-40(45-37)48-18-22-55-23-19-48)41(51)44-32-4-3-5-33(24-32)47-16-20-54-21-17-47;9-6-5-8-3-1-7-2-4-8/h3-13,24-26H,14-23,27-28H2,1-2H3,(H,44,51);7,9H,1-6H2. The fourth-order valence-corrected chi connectivity index (χ4v) is 8.16. The summed E-state index contributed by atoms with van der Waals surface area (Å²) in [5.41, 5.74) is 6.33. The number of methoxy groups -OCH3 is 2. The van der Waals surface area contributed by atoms with E-state index in [9.17, 15) is 4.79 Å². The van der Waals surface area contributed by atoms with Crippen molar-refractivity contribution in [2.24, 2.45) is 0 Å². The number of hydrogen-bond donors (Lipinski definition) is 3. The van der Waals surface area contributed by atoms with Gasteiger partial charge in [0.15, 0.2) is 0 Å². The van der Waals surface area contributed by atoms with Gasteiger partial charge in [-0.05, 0) is 60.0 Å². The van der Waals surface area contributed by atoms with Crippen LogP contribution in [-0.4, -0.2) is 149 Å². The topological polar surface area (TPSA) is 166 Å². The van der Waals surface area contributed by atoms with Crippen molar-refractivity contribution in [2.45, 2.75) is 19.5 Å². The van der Waals surface area contributed by atoms with E-state index in [1.807, 2.05) is 79.1 Å². The number of anilines is 5. The fraction of sp³-hybridized carbons (Fsp3) is 0.426. The fourth-order valence-electron chi connectivity index (χ4n) is 8.16. The van der Waals surface area contributed by atoms with E-state index in [1.54, 1.807) is 19.1 Å². The molecule has 0 spiro atoms. The van der Waals surface area contributed by atoms with Crippen LogP contribution in [0.2, 0.25) is 0 Å². The molecule has 0 radical (unpaired) electrons. The third-order valence-corrected chi connectivity index (χ3v) is 11.7. The minimum Gasteiger partial charge on any atom is -0.497 e. The number of carbonyl (C=O) groups excluding carboxylic acids is 1. The molecule has 17 heteroatoms. The lowest BCUT2D eigenvalue weighted by atomic mass is 10.1. The van der Waals surface area contributed by atoms with E-state index in [1.165, 1.54) is 0 Å². The number of carbonyl (C=O) groups is 1. The maximum absolute atomic E-state index is 13.9. The number of piperazine rings is 1. The summed E-state index contributed by atoms with van der Waals surface area (Å²) in [6, 6.07) is 23.7. The number of amides is 2. The highest BCUT2D eigenvalue weighted by atomic mass is 16.5. The first-order valence-corrected chi connectivity index (χ1v) is 22.1. The zero-order valence-corrected chi connectivity index (χ0v) is 36.8. The van der Waals surface area contributed by atoms with Gasteiger partial charge < -0.3 is 49.4 Å². The molecule has 9 rings (SSSR count). The molecular formula is C47H59N11O6. The number of rotatable bonds is 13. The number of aliphatic hydroxyl groups is 1. The van der Waals surface area contributed by atoms with Gasteiger partial charge in [0.25, 0.3) is 0 Å². The van der Waals surface area contributed by atoms with Crippen molar-refractivity contribution in [1.82, 2.24) is 30.2 Å². The molecule has 17 nitrogen and oxygen atoms in total. The van der Waals surface area contributed by atoms with Gasteiger partial charge in [0.05, 0.1) is 52.9 Å². The summed E-state index contributed by atoms with van der Waals surface area (Å²) >= 11 is 0. The van der Waals surface area contributed by atoms with Crippen molar-refractivity contribution >= 4 is 35.1 Å². The van der Waals surface area contributed by atoms with Crippen LogP contribution in [0.3, 0.4) is 0 Å². The second-order valence-corrected chi connectivity index (χ2v) is 15.9. The maximum Gasteiger partial charge on any atom is 0.327 e. The van der Waals surface area contributed by atoms with Crippen molar-refractivity contribution in [1.29, 1.82) is 0 Å². The van der Waals surface area contributed by atoms with Gasteiger partial charge >= 0.3 is 6.03 Å². The summed E-state index contributed by atoms with van der Waals surface area (Å²) in [7, 11) is 3.33. The predicted octanol–water partition coefficient (Wildman–Crippen LogP) is 4.31. The van der Waals surface area contributed by atoms with Gasteiger partial charge in [0.1, 0.15) is 17.3 Å². The average Bonchev–Trinajstić information content (AvgIpc) is 3.80. The van der Waals surface area contributed by atoms with Crippen LogP contribution in [-0.2, 0) is 29.0 Å². The summed E-state index contributed by atoms with van der Waals surface area (Å²) in [6.45, 7) is 12.5. The number of ether oxygens (including phenoxy) is 4. The molecule has 3 aromatic carbocycles. The van der Waals surface area contributed by atoms with Crippen molar-refractivity contribution in [2.75, 3.05) is 138 Å². The van der Waals surface area contributed by atoms with E-state index < -0.39 is 0 Å². The number of nitrogens with zero attached hydrogens (tertiary/aromatic N) is 9. The number of morpholine rings is 2. The lowest BCUT2D eigenvalue weighted by Crippen LogP contribution is -2.44. The second-order valence-electron chi connectivity index (χ2n) is 15.9. The first-order valence-electron chi connectivity index (χ1n) is 22.1. The van der Waals surface area contributed by atoms with Crippen LogP contribution in [0.15, 0.2) is 85.2 Å². The van der Waals surface area contributed by atoms with Crippen LogP contribution in [0.25, 0.3) is 11.3 Å². The highest BCUT2D eigenvalue weighted by molar-refractivity contribution is 6.03. The summed E-state index contributed by atoms with van der Waals surface area (Å²) in [6.07, 6.45) is 4.24. The Morgan fingerprint density at radius 3 is 1.98 bits per heavy atom. The Morgan fingerprint density at radius 1 is 0.781 bits per heavy atom. The minimum atomic E-state index is -0.241. The minimum absolute atomic E-state index is 0.241. The second kappa shape index (κ2) is 22.0. The number of aromatic nitrogens is 4. The van der Waals surface area contributed by atoms with Crippen LogP contribution >= 0.6 is 0 Å². The van der Waals surface area contributed by atoms with E-state index in [2.05, 4.69) is 36.3 Å². The zero-order valence-electron chi connectivity index (χ0n) is 36.8. The molecule has 5 aromatic rings. The van der Waals surface area contributed by atoms with Crippen LogP contribution in [0.1, 0.15) is 16.7 Å². The molecule has 4 aliphatic rings. The monoisotopic (exact) mass is 873 g/mol. The molecule has 0 saturated carbocycles. The quantitative estimate of drug-likeness (QED) is 0.153. The number of hydrogen-bond acceptors (Lipinski definition) is 15. The Balaban J connectivity index is 0.000000556. The van der Waals surface area contributed by atoms with Crippen LogP contribution < -0.4 is 39.7 Å². The summed E-state index contributed by atoms with van der Waals surface area (Å²) in [5, 5.41) is 14.9. The van der Waals surface area contributed by atoms with Gasteiger partial charge in [-0.3, -0.25) is 9.80 Å². The number of aliphatic hydroxyl groups excluding tert-OH is 1. The van der Waals surface area contributed by atoms with Crippen LogP contribution in [0.4, 0.5) is 33.9 Å². The molecule has 338 valence electrons. The number of benzene rings is 3. The molecule has 3 saturated heterocycles. The van der Waals surface area contributed by atoms with Gasteiger partial charge in [-0.25, -0.2) is 19.7 Å². The Bertz CT molecular complexity index is 2200. The third kappa shape index (κ3) is 11.3. The van der Waals surface area contributed by atoms with Gasteiger partial charge in [0, 0.05) is 113 Å². The molecule has 3 fully saturated rings. The number of β-amino-alcohol motifs (C(OH)–C–C–N with tert-alkyl or cyclic N) is 1. The molecule has 2 amide bonds. The first kappa shape index (κ1) is 44.5. The molecular weight excluding hydrogens is 815 g/mol. The molecule has 0 bridgehead atoms. The summed E-state index contributed by atoms with van der Waals surface area (Å²) in [4.78, 5) is 44.3. The smallest absolute Gasteiger partial charge is 0.327 e. The van der Waals surface area contributed by atoms with Crippen molar-refractivity contribution in [3.8, 4) is 22.8 Å². The lowest BCUT2D eigenvalue weighted by Gasteiger charge is -2.29. The van der Waals surface area contributed by atoms with Gasteiger partial charge in [-0.1, -0.05) is 30.3 Å². The summed E-state index contributed by atoms with van der Waals surface area (Å²) in [5.74, 6) is 3.33. The summed E-state index contributed by atoms with van der Waals surface area (Å²) < 4.78 is 21.9. The Labute approximate surface area is 374 Å². The van der Waals surface area contributed by atoms with Crippen molar-refractivity contribution < 1.29 is 28.8 Å².